The first-order chi connectivity index (χ1) is 6.72. The third-order valence-electron chi connectivity index (χ3n) is 1.46. The van der Waals surface area contributed by atoms with Gasteiger partial charge in [0.15, 0.2) is 0 Å². The van der Waals surface area contributed by atoms with E-state index in [4.69, 9.17) is 9.47 Å². The van der Waals surface area contributed by atoms with Gasteiger partial charge < -0.3 is 14.2 Å². The van der Waals surface area contributed by atoms with Gasteiger partial charge in [0.25, 0.3) is 0 Å². The van der Waals surface area contributed by atoms with Gasteiger partial charge in [0.1, 0.15) is 12.7 Å². The van der Waals surface area contributed by atoms with Gasteiger partial charge in [-0.3, -0.25) is 0 Å². The zero-order valence-corrected chi connectivity index (χ0v) is 7.89. The van der Waals surface area contributed by atoms with Crippen LogP contribution in [-0.4, -0.2) is 37.9 Å². The molecular weight excluding hydrogens is 188 g/mol. The predicted molar refractivity (Wildman–Crippen MR) is 46.5 cm³/mol. The Morgan fingerprint density at radius 3 is 2.43 bits per heavy atom. The summed E-state index contributed by atoms with van der Waals surface area (Å²) in [4.78, 5) is 21.7. The van der Waals surface area contributed by atoms with Crippen LogP contribution < -0.4 is 0 Å². The molecule has 0 radical (unpaired) electrons. The molecule has 78 valence electrons. The van der Waals surface area contributed by atoms with Gasteiger partial charge in [0.05, 0.1) is 13.2 Å². The summed E-state index contributed by atoms with van der Waals surface area (Å²) in [5.74, 6) is -1.11. The predicted octanol–water partition coefficient (Wildman–Crippen LogP) is 0.0477. The van der Waals surface area contributed by atoms with Crippen LogP contribution in [0.2, 0.25) is 0 Å². The Morgan fingerprint density at radius 1 is 1.36 bits per heavy atom. The molecule has 0 amide bonds. The average Bonchev–Trinajstić information content (AvgIpc) is 2.95. The zero-order valence-electron chi connectivity index (χ0n) is 7.89. The molecule has 14 heavy (non-hydrogen) atoms. The average molecular weight is 200 g/mol. The lowest BCUT2D eigenvalue weighted by Crippen LogP contribution is -2.08. The second-order valence-corrected chi connectivity index (χ2v) is 2.67. The van der Waals surface area contributed by atoms with Gasteiger partial charge in [-0.1, -0.05) is 0 Å². The summed E-state index contributed by atoms with van der Waals surface area (Å²) in [7, 11) is 0. The second kappa shape index (κ2) is 5.39. The molecule has 1 aliphatic heterocycles. The van der Waals surface area contributed by atoms with E-state index in [1.165, 1.54) is 0 Å². The van der Waals surface area contributed by atoms with Crippen LogP contribution in [0.25, 0.3) is 0 Å². The Hall–Kier alpha value is -1.36. The lowest BCUT2D eigenvalue weighted by atomic mass is 10.5. The second-order valence-electron chi connectivity index (χ2n) is 2.67. The zero-order chi connectivity index (χ0) is 10.4. The van der Waals surface area contributed by atoms with E-state index < -0.39 is 11.9 Å². The quantitative estimate of drug-likeness (QED) is 0.356. The molecule has 1 fully saturated rings. The third-order valence-corrected chi connectivity index (χ3v) is 1.46. The van der Waals surface area contributed by atoms with E-state index in [9.17, 15) is 9.59 Å². The lowest BCUT2D eigenvalue weighted by molar-refractivity contribution is -0.140. The molecule has 0 bridgehead atoms. The molecule has 0 aromatic heterocycles. The van der Waals surface area contributed by atoms with E-state index in [1.807, 2.05) is 0 Å². The summed E-state index contributed by atoms with van der Waals surface area (Å²) in [5.41, 5.74) is 0. The minimum absolute atomic E-state index is 0.0370. The summed E-state index contributed by atoms with van der Waals surface area (Å²) in [6, 6.07) is 0. The fourth-order valence-electron chi connectivity index (χ4n) is 0.714. The van der Waals surface area contributed by atoms with E-state index >= 15 is 0 Å². The first-order valence-electron chi connectivity index (χ1n) is 4.35. The molecule has 1 unspecified atom stereocenters. The van der Waals surface area contributed by atoms with E-state index in [-0.39, 0.29) is 19.3 Å². The fraction of sp³-hybridized carbons (Fsp3) is 0.556. The van der Waals surface area contributed by atoms with Crippen molar-refractivity contribution in [2.45, 2.75) is 13.0 Å². The fourth-order valence-corrected chi connectivity index (χ4v) is 0.714. The minimum Gasteiger partial charge on any atom is -0.463 e. The van der Waals surface area contributed by atoms with Crippen LogP contribution >= 0.6 is 0 Å². The van der Waals surface area contributed by atoms with E-state index in [0.29, 0.717) is 6.61 Å². The van der Waals surface area contributed by atoms with Crippen LogP contribution in [0, 0.1) is 0 Å². The van der Waals surface area contributed by atoms with E-state index in [1.54, 1.807) is 6.92 Å². The summed E-state index contributed by atoms with van der Waals surface area (Å²) in [5, 5.41) is 0. The monoisotopic (exact) mass is 200 g/mol. The number of esters is 2. The molecule has 1 atom stereocenters. The number of rotatable bonds is 5. The largest absolute Gasteiger partial charge is 0.463 e. The third kappa shape index (κ3) is 4.61. The van der Waals surface area contributed by atoms with Crippen molar-refractivity contribution < 1.29 is 23.8 Å². The Kier molecular flexibility index (Phi) is 4.12. The number of ether oxygens (including phenoxy) is 3. The summed E-state index contributed by atoms with van der Waals surface area (Å²) in [6.45, 7) is 2.85. The lowest BCUT2D eigenvalue weighted by Gasteiger charge is -1.97. The maximum absolute atomic E-state index is 10.9. The Labute approximate surface area is 81.6 Å². The highest BCUT2D eigenvalue weighted by Gasteiger charge is 2.23. The molecule has 1 aliphatic rings. The van der Waals surface area contributed by atoms with Crippen molar-refractivity contribution in [2.24, 2.45) is 0 Å². The highest BCUT2D eigenvalue weighted by molar-refractivity contribution is 5.91. The molecule has 0 aromatic carbocycles. The molecular formula is C9H12O5. The highest BCUT2D eigenvalue weighted by atomic mass is 16.6. The van der Waals surface area contributed by atoms with E-state index in [2.05, 4.69) is 4.74 Å². The molecule has 0 aromatic rings. The molecule has 1 saturated heterocycles. The molecule has 1 heterocycles. The minimum atomic E-state index is -0.562. The van der Waals surface area contributed by atoms with Crippen LogP contribution in [0.1, 0.15) is 6.92 Å². The maximum Gasteiger partial charge on any atom is 0.331 e. The first kappa shape index (κ1) is 10.7. The standard InChI is InChI=1S/C9H12O5/c1-2-12-8(10)3-4-9(11)14-6-7-5-13-7/h3-4,7H,2,5-6H2,1H3/b4-3+. The van der Waals surface area contributed by atoms with Crippen LogP contribution in [0.15, 0.2) is 12.2 Å². The molecule has 0 spiro atoms. The van der Waals surface area contributed by atoms with Gasteiger partial charge in [0.2, 0.25) is 0 Å². The van der Waals surface area contributed by atoms with E-state index in [0.717, 1.165) is 12.2 Å². The van der Waals surface area contributed by atoms with Crippen molar-refractivity contribution in [1.82, 2.24) is 0 Å². The molecule has 1 rings (SSSR count). The first-order valence-corrected chi connectivity index (χ1v) is 4.35. The molecule has 0 aliphatic carbocycles. The Bertz CT molecular complexity index is 242. The van der Waals surface area contributed by atoms with Crippen LogP contribution in [0.4, 0.5) is 0 Å². The molecule has 0 N–H and O–H groups in total. The van der Waals surface area contributed by atoms with Gasteiger partial charge in [0, 0.05) is 12.2 Å². The van der Waals surface area contributed by atoms with Crippen LogP contribution in [0.5, 0.6) is 0 Å². The SMILES string of the molecule is CCOC(=O)/C=C/C(=O)OCC1CO1. The summed E-state index contributed by atoms with van der Waals surface area (Å²) in [6.07, 6.45) is 2.12. The number of carbonyl (C=O) groups is 2. The smallest absolute Gasteiger partial charge is 0.331 e. The highest BCUT2D eigenvalue weighted by Crippen LogP contribution is 2.08. The van der Waals surface area contributed by atoms with Gasteiger partial charge >= 0.3 is 11.9 Å². The van der Waals surface area contributed by atoms with Gasteiger partial charge in [-0.2, -0.15) is 0 Å². The van der Waals surface area contributed by atoms with Crippen LogP contribution in [0.3, 0.4) is 0 Å². The summed E-state index contributed by atoms with van der Waals surface area (Å²) >= 11 is 0. The van der Waals surface area contributed by atoms with Crippen LogP contribution in [-0.2, 0) is 23.8 Å². The van der Waals surface area contributed by atoms with Gasteiger partial charge in [-0.25, -0.2) is 9.59 Å². The van der Waals surface area contributed by atoms with Crippen molar-refractivity contribution in [3.8, 4) is 0 Å². The number of carbonyl (C=O) groups excluding carboxylic acids is 2. The number of hydrogen-bond donors (Lipinski definition) is 0. The Balaban J connectivity index is 2.13. The maximum atomic E-state index is 10.9. The Morgan fingerprint density at radius 2 is 1.93 bits per heavy atom. The molecule has 0 saturated carbocycles. The summed E-state index contributed by atoms with van der Waals surface area (Å²) < 4.78 is 14.1. The van der Waals surface area contributed by atoms with Crippen molar-refractivity contribution in [1.29, 1.82) is 0 Å². The number of hydrogen-bond acceptors (Lipinski definition) is 5. The van der Waals surface area contributed by atoms with Gasteiger partial charge in [-0.15, -0.1) is 0 Å². The van der Waals surface area contributed by atoms with Crippen molar-refractivity contribution in [3.63, 3.8) is 0 Å². The van der Waals surface area contributed by atoms with Crippen molar-refractivity contribution in [2.75, 3.05) is 19.8 Å². The van der Waals surface area contributed by atoms with Crippen molar-refractivity contribution >= 4 is 11.9 Å². The molecule has 5 nitrogen and oxygen atoms in total. The van der Waals surface area contributed by atoms with Gasteiger partial charge in [-0.05, 0) is 6.92 Å². The topological polar surface area (TPSA) is 65.1 Å². The number of epoxide rings is 1. The van der Waals surface area contributed by atoms with Crippen molar-refractivity contribution in [3.05, 3.63) is 12.2 Å². The molecule has 5 heteroatoms. The normalized spacial score (nSPS) is 19.4.